The Morgan fingerprint density at radius 2 is 2.05 bits per heavy atom. The maximum atomic E-state index is 12.2. The molecular formula is C16H23BrN2O2. The number of nitrogens with one attached hydrogen (secondary N) is 1. The topological polar surface area (TPSA) is 64.3 Å². The van der Waals surface area contributed by atoms with Crippen molar-refractivity contribution in [3.05, 3.63) is 28.2 Å². The number of carbonyl (C=O) groups excluding carboxylic acids is 1. The van der Waals surface area contributed by atoms with Gasteiger partial charge in [0.25, 0.3) is 5.91 Å². The first-order valence-corrected chi connectivity index (χ1v) is 8.28. The van der Waals surface area contributed by atoms with Gasteiger partial charge >= 0.3 is 0 Å². The Kier molecular flexibility index (Phi) is 5.65. The average molecular weight is 355 g/mol. The number of halogens is 1. The molecule has 21 heavy (non-hydrogen) atoms. The molecule has 4 nitrogen and oxygen atoms in total. The minimum atomic E-state index is -0.524. The van der Waals surface area contributed by atoms with Gasteiger partial charge in [-0.2, -0.15) is 0 Å². The molecule has 0 spiro atoms. The summed E-state index contributed by atoms with van der Waals surface area (Å²) in [4.78, 5) is 12.2. The molecule has 2 rings (SSSR count). The molecular weight excluding hydrogens is 332 g/mol. The van der Waals surface area contributed by atoms with E-state index in [1.165, 1.54) is 12.8 Å². The third-order valence-electron chi connectivity index (χ3n) is 3.84. The van der Waals surface area contributed by atoms with Gasteiger partial charge in [-0.05, 0) is 44.9 Å². The molecule has 0 radical (unpaired) electrons. The van der Waals surface area contributed by atoms with Crippen LogP contribution in [0.2, 0.25) is 0 Å². The van der Waals surface area contributed by atoms with Crippen LogP contribution < -0.4 is 15.8 Å². The van der Waals surface area contributed by atoms with E-state index in [2.05, 4.69) is 21.2 Å². The minimum Gasteiger partial charge on any atom is -0.481 e. The number of amides is 1. The molecule has 0 aliphatic heterocycles. The molecule has 2 unspecified atom stereocenters. The molecule has 5 heteroatoms. The van der Waals surface area contributed by atoms with Crippen molar-refractivity contribution in [1.29, 1.82) is 0 Å². The highest BCUT2D eigenvalue weighted by atomic mass is 79.9. The van der Waals surface area contributed by atoms with Crippen LogP contribution in [0.5, 0.6) is 5.75 Å². The van der Waals surface area contributed by atoms with Crippen LogP contribution in [-0.2, 0) is 4.79 Å². The maximum Gasteiger partial charge on any atom is 0.260 e. The zero-order chi connectivity index (χ0) is 15.4. The van der Waals surface area contributed by atoms with Gasteiger partial charge in [0, 0.05) is 22.1 Å². The first-order chi connectivity index (χ1) is 9.97. The van der Waals surface area contributed by atoms with Crippen LogP contribution in [0.25, 0.3) is 0 Å². The van der Waals surface area contributed by atoms with Crippen molar-refractivity contribution in [1.82, 2.24) is 5.32 Å². The van der Waals surface area contributed by atoms with E-state index in [1.54, 1.807) is 6.92 Å². The van der Waals surface area contributed by atoms with E-state index in [1.807, 2.05) is 25.1 Å². The summed E-state index contributed by atoms with van der Waals surface area (Å²) in [5.74, 6) is 0.614. The fourth-order valence-electron chi connectivity index (χ4n) is 2.62. The average Bonchev–Trinajstić information content (AvgIpc) is 2.93. The quantitative estimate of drug-likeness (QED) is 0.852. The molecule has 116 valence electrons. The van der Waals surface area contributed by atoms with Crippen LogP contribution in [0.1, 0.15) is 51.1 Å². The van der Waals surface area contributed by atoms with E-state index in [0.29, 0.717) is 11.8 Å². The largest absolute Gasteiger partial charge is 0.481 e. The molecule has 0 aromatic heterocycles. The number of hydrogen-bond donors (Lipinski definition) is 2. The Balaban J connectivity index is 2.01. The molecule has 1 aliphatic carbocycles. The summed E-state index contributed by atoms with van der Waals surface area (Å²) in [5.41, 5.74) is 6.86. The van der Waals surface area contributed by atoms with Crippen molar-refractivity contribution in [3.63, 3.8) is 0 Å². The van der Waals surface area contributed by atoms with Crippen molar-refractivity contribution in [2.45, 2.75) is 57.7 Å². The fraction of sp³-hybridized carbons (Fsp3) is 0.562. The summed E-state index contributed by atoms with van der Waals surface area (Å²) >= 11 is 3.43. The number of benzene rings is 1. The number of rotatable bonds is 5. The molecule has 0 saturated heterocycles. The van der Waals surface area contributed by atoms with E-state index in [0.717, 1.165) is 22.9 Å². The van der Waals surface area contributed by atoms with Crippen LogP contribution in [0.3, 0.4) is 0 Å². The maximum absolute atomic E-state index is 12.2. The highest BCUT2D eigenvalue weighted by Crippen LogP contribution is 2.28. The lowest BCUT2D eigenvalue weighted by Gasteiger charge is -2.20. The number of ether oxygens (including phenoxy) is 1. The molecule has 1 amide bonds. The van der Waals surface area contributed by atoms with Crippen molar-refractivity contribution < 1.29 is 9.53 Å². The second-order valence-corrected chi connectivity index (χ2v) is 6.64. The minimum absolute atomic E-state index is 0.0551. The number of nitrogens with two attached hydrogens (primary N) is 1. The lowest BCUT2D eigenvalue weighted by molar-refractivity contribution is -0.128. The molecule has 1 aromatic carbocycles. The van der Waals surface area contributed by atoms with Crippen LogP contribution in [0.4, 0.5) is 0 Å². The molecule has 1 aliphatic rings. The Bertz CT molecular complexity index is 499. The zero-order valence-corrected chi connectivity index (χ0v) is 14.2. The second-order valence-electron chi connectivity index (χ2n) is 5.72. The predicted molar refractivity (Wildman–Crippen MR) is 87.2 cm³/mol. The molecule has 0 heterocycles. The Morgan fingerprint density at radius 1 is 1.38 bits per heavy atom. The first kappa shape index (κ1) is 16.3. The molecule has 2 atom stereocenters. The van der Waals surface area contributed by atoms with Crippen LogP contribution in [0, 0.1) is 0 Å². The van der Waals surface area contributed by atoms with Crippen LogP contribution in [-0.4, -0.2) is 18.1 Å². The van der Waals surface area contributed by atoms with Gasteiger partial charge in [0.2, 0.25) is 0 Å². The summed E-state index contributed by atoms with van der Waals surface area (Å²) in [5, 5.41) is 3.05. The van der Waals surface area contributed by atoms with Crippen molar-refractivity contribution >= 4 is 21.8 Å². The molecule has 3 N–H and O–H groups in total. The number of hydrogen-bond acceptors (Lipinski definition) is 3. The summed E-state index contributed by atoms with van der Waals surface area (Å²) < 4.78 is 6.77. The van der Waals surface area contributed by atoms with Gasteiger partial charge in [-0.3, -0.25) is 4.79 Å². The predicted octanol–water partition coefficient (Wildman–Crippen LogP) is 3.29. The van der Waals surface area contributed by atoms with Gasteiger partial charge in [-0.1, -0.05) is 28.8 Å². The summed E-state index contributed by atoms with van der Waals surface area (Å²) in [6, 6.07) is 5.83. The third kappa shape index (κ3) is 4.45. The van der Waals surface area contributed by atoms with Crippen molar-refractivity contribution in [3.8, 4) is 5.75 Å². The van der Waals surface area contributed by atoms with Crippen molar-refractivity contribution in [2.24, 2.45) is 5.73 Å². The molecule has 0 bridgehead atoms. The highest BCUT2D eigenvalue weighted by Gasteiger charge is 2.22. The van der Waals surface area contributed by atoms with Gasteiger partial charge in [-0.15, -0.1) is 0 Å². The van der Waals surface area contributed by atoms with Gasteiger partial charge in [0.05, 0.1) is 0 Å². The molecule has 1 saturated carbocycles. The van der Waals surface area contributed by atoms with Gasteiger partial charge in [0.1, 0.15) is 5.75 Å². The van der Waals surface area contributed by atoms with E-state index >= 15 is 0 Å². The summed E-state index contributed by atoms with van der Waals surface area (Å²) in [6.45, 7) is 3.68. The smallest absolute Gasteiger partial charge is 0.260 e. The number of carbonyl (C=O) groups is 1. The fourth-order valence-corrected chi connectivity index (χ4v) is 2.99. The van der Waals surface area contributed by atoms with E-state index in [4.69, 9.17) is 10.5 Å². The Labute approximate surface area is 134 Å². The first-order valence-electron chi connectivity index (χ1n) is 7.49. The zero-order valence-electron chi connectivity index (χ0n) is 12.6. The standard InChI is InChI=1S/C16H23BrN2O2/c1-10(18)14-9-12(17)7-8-15(14)21-11(2)16(20)19-13-5-3-4-6-13/h7-11,13H,3-6,18H2,1-2H3,(H,19,20). The second kappa shape index (κ2) is 7.27. The van der Waals surface area contributed by atoms with E-state index < -0.39 is 6.10 Å². The van der Waals surface area contributed by atoms with Crippen LogP contribution >= 0.6 is 15.9 Å². The Morgan fingerprint density at radius 3 is 2.67 bits per heavy atom. The summed E-state index contributed by atoms with van der Waals surface area (Å²) in [6.07, 6.45) is 4.01. The molecule has 1 fully saturated rings. The normalized spacial score (nSPS) is 18.3. The van der Waals surface area contributed by atoms with Gasteiger partial charge < -0.3 is 15.8 Å². The van der Waals surface area contributed by atoms with Gasteiger partial charge in [0.15, 0.2) is 6.10 Å². The van der Waals surface area contributed by atoms with E-state index in [-0.39, 0.29) is 11.9 Å². The van der Waals surface area contributed by atoms with E-state index in [9.17, 15) is 4.79 Å². The SMILES string of the molecule is CC(Oc1ccc(Br)cc1C(C)N)C(=O)NC1CCCC1. The van der Waals surface area contributed by atoms with Crippen molar-refractivity contribution in [2.75, 3.05) is 0 Å². The third-order valence-corrected chi connectivity index (χ3v) is 4.33. The van der Waals surface area contributed by atoms with Gasteiger partial charge in [-0.25, -0.2) is 0 Å². The lowest BCUT2D eigenvalue weighted by Crippen LogP contribution is -2.41. The monoisotopic (exact) mass is 354 g/mol. The highest BCUT2D eigenvalue weighted by molar-refractivity contribution is 9.10. The summed E-state index contributed by atoms with van der Waals surface area (Å²) in [7, 11) is 0. The Hall–Kier alpha value is -1.07. The lowest BCUT2D eigenvalue weighted by atomic mass is 10.1. The van der Waals surface area contributed by atoms with Crippen LogP contribution in [0.15, 0.2) is 22.7 Å². The molecule has 1 aromatic rings.